The summed E-state index contributed by atoms with van der Waals surface area (Å²) < 4.78 is 0. The first kappa shape index (κ1) is 25.7. The zero-order chi connectivity index (χ0) is 25.9. The molecule has 0 aromatic carbocycles. The van der Waals surface area contributed by atoms with Gasteiger partial charge in [-0.2, -0.15) is 5.26 Å². The number of carbonyl (C=O) groups excluding carboxylic acids is 4. The summed E-state index contributed by atoms with van der Waals surface area (Å²) in [5, 5.41) is 15.4. The van der Waals surface area contributed by atoms with Crippen molar-refractivity contribution in [2.45, 2.75) is 98.2 Å². The first-order valence-electron chi connectivity index (χ1n) is 13.0. The van der Waals surface area contributed by atoms with Crippen LogP contribution in [0.5, 0.6) is 0 Å². The van der Waals surface area contributed by atoms with Gasteiger partial charge in [0.15, 0.2) is 0 Å². The van der Waals surface area contributed by atoms with Gasteiger partial charge < -0.3 is 15.5 Å². The minimum Gasteiger partial charge on any atom is -0.344 e. The monoisotopic (exact) mass is 484 g/mol. The molecule has 4 fully saturated rings. The van der Waals surface area contributed by atoms with Crippen LogP contribution in [0, 0.1) is 45.3 Å². The van der Waals surface area contributed by atoms with Crippen LogP contribution in [-0.4, -0.2) is 53.1 Å². The van der Waals surface area contributed by atoms with Crippen LogP contribution < -0.4 is 10.6 Å². The van der Waals surface area contributed by atoms with Crippen molar-refractivity contribution in [3.05, 3.63) is 0 Å². The number of likely N-dealkylation sites (tertiary alicyclic amines) is 1. The van der Waals surface area contributed by atoms with Gasteiger partial charge >= 0.3 is 0 Å². The standard InChI is InChI=1S/C27H40N4O4/c1-15(32)29-22(25(2,3)4)24(35)31-14-18-20(26(18,5)6)21(31)23(34)30-17(13-28)11-16-7-8-27(9-10-27)12-19(16)33/h16-18,20-22H,7-12,14H2,1-6H3,(H,29,32)(H,30,34). The fraction of sp³-hybridized carbons (Fsp3) is 0.815. The predicted molar refractivity (Wildman–Crippen MR) is 129 cm³/mol. The Morgan fingerprint density at radius 2 is 1.83 bits per heavy atom. The number of nitrogens with one attached hydrogen (secondary N) is 2. The third kappa shape index (κ3) is 4.83. The third-order valence-corrected chi connectivity index (χ3v) is 9.20. The van der Waals surface area contributed by atoms with Crippen LogP contribution in [0.4, 0.5) is 0 Å². The molecule has 0 aromatic rings. The molecule has 6 unspecified atom stereocenters. The second-order valence-electron chi connectivity index (χ2n) is 13.2. The first-order valence-corrected chi connectivity index (χ1v) is 13.0. The lowest BCUT2D eigenvalue weighted by Gasteiger charge is -2.37. The highest BCUT2D eigenvalue weighted by Crippen LogP contribution is 2.65. The highest BCUT2D eigenvalue weighted by atomic mass is 16.2. The van der Waals surface area contributed by atoms with Crippen LogP contribution in [-0.2, 0) is 19.2 Å². The van der Waals surface area contributed by atoms with Gasteiger partial charge in [0, 0.05) is 25.8 Å². The second kappa shape index (κ2) is 8.60. The number of Topliss-reactive ketones (excluding diaryl/α,β-unsaturated/α-hetero) is 1. The second-order valence-corrected chi connectivity index (χ2v) is 13.2. The van der Waals surface area contributed by atoms with Gasteiger partial charge in [0.25, 0.3) is 0 Å². The average Bonchev–Trinajstić information content (AvgIpc) is 3.53. The molecule has 8 heteroatoms. The van der Waals surface area contributed by atoms with Crippen LogP contribution in [0.25, 0.3) is 0 Å². The van der Waals surface area contributed by atoms with Crippen molar-refractivity contribution < 1.29 is 19.2 Å². The number of nitriles is 1. The van der Waals surface area contributed by atoms with E-state index in [2.05, 4.69) is 30.6 Å². The Hall–Kier alpha value is -2.43. The van der Waals surface area contributed by atoms with Gasteiger partial charge in [-0.1, -0.05) is 34.6 Å². The van der Waals surface area contributed by atoms with Gasteiger partial charge in [-0.05, 0) is 60.2 Å². The molecule has 8 nitrogen and oxygen atoms in total. The number of rotatable bonds is 6. The van der Waals surface area contributed by atoms with Crippen molar-refractivity contribution >= 4 is 23.5 Å². The fourth-order valence-electron chi connectivity index (χ4n) is 6.61. The third-order valence-electron chi connectivity index (χ3n) is 9.20. The van der Waals surface area contributed by atoms with E-state index in [9.17, 15) is 24.4 Å². The van der Waals surface area contributed by atoms with Crippen molar-refractivity contribution in [2.24, 2.45) is 34.0 Å². The smallest absolute Gasteiger partial charge is 0.246 e. The summed E-state index contributed by atoms with van der Waals surface area (Å²) in [7, 11) is 0. The molecule has 4 aliphatic rings. The topological polar surface area (TPSA) is 119 Å². The van der Waals surface area contributed by atoms with Crippen LogP contribution in [0.3, 0.4) is 0 Å². The maximum absolute atomic E-state index is 13.6. The summed E-state index contributed by atoms with van der Waals surface area (Å²) >= 11 is 0. The molecule has 35 heavy (non-hydrogen) atoms. The molecular formula is C27H40N4O4. The lowest BCUT2D eigenvalue weighted by molar-refractivity contribution is -0.145. The Balaban J connectivity index is 1.47. The molecule has 1 aliphatic heterocycles. The average molecular weight is 485 g/mol. The number of hydrogen-bond donors (Lipinski definition) is 2. The molecule has 3 saturated carbocycles. The molecule has 3 aliphatic carbocycles. The van der Waals surface area contributed by atoms with Gasteiger partial charge in [0.1, 0.15) is 23.9 Å². The molecular weight excluding hydrogens is 444 g/mol. The molecule has 1 saturated heterocycles. The Morgan fingerprint density at radius 3 is 2.34 bits per heavy atom. The van der Waals surface area contributed by atoms with Crippen molar-refractivity contribution in [1.29, 1.82) is 5.26 Å². The minimum absolute atomic E-state index is 0.00905. The van der Waals surface area contributed by atoms with E-state index in [0.717, 1.165) is 25.7 Å². The molecule has 1 heterocycles. The number of hydrogen-bond acceptors (Lipinski definition) is 5. The fourth-order valence-corrected chi connectivity index (χ4v) is 6.61. The Labute approximate surface area is 208 Å². The van der Waals surface area contributed by atoms with Gasteiger partial charge in [-0.3, -0.25) is 19.2 Å². The lowest BCUT2D eigenvalue weighted by Crippen LogP contribution is -2.59. The summed E-state index contributed by atoms with van der Waals surface area (Å²) in [6.07, 6.45) is 4.98. The summed E-state index contributed by atoms with van der Waals surface area (Å²) in [5.74, 6) is -0.652. The summed E-state index contributed by atoms with van der Waals surface area (Å²) in [4.78, 5) is 53.3. The van der Waals surface area contributed by atoms with E-state index in [1.165, 1.54) is 6.92 Å². The lowest BCUT2D eigenvalue weighted by atomic mass is 9.76. The van der Waals surface area contributed by atoms with Gasteiger partial charge in [-0.15, -0.1) is 0 Å². The van der Waals surface area contributed by atoms with E-state index >= 15 is 0 Å². The number of piperidine rings is 1. The molecule has 0 radical (unpaired) electrons. The number of nitrogens with zero attached hydrogens (tertiary/aromatic N) is 2. The summed E-state index contributed by atoms with van der Waals surface area (Å²) in [5.41, 5.74) is -0.362. The molecule has 0 bridgehead atoms. The van der Waals surface area contributed by atoms with E-state index in [0.29, 0.717) is 19.4 Å². The van der Waals surface area contributed by atoms with E-state index < -0.39 is 23.5 Å². The highest BCUT2D eigenvalue weighted by molar-refractivity contribution is 5.94. The highest BCUT2D eigenvalue weighted by Gasteiger charge is 2.69. The van der Waals surface area contributed by atoms with Crippen LogP contribution in [0.1, 0.15) is 80.1 Å². The Kier molecular flexibility index (Phi) is 6.30. The van der Waals surface area contributed by atoms with E-state index in [1.54, 1.807) is 4.90 Å². The van der Waals surface area contributed by atoms with Crippen molar-refractivity contribution in [3.8, 4) is 6.07 Å². The van der Waals surface area contributed by atoms with Crippen LogP contribution in [0.2, 0.25) is 0 Å². The van der Waals surface area contributed by atoms with Gasteiger partial charge in [0.2, 0.25) is 17.7 Å². The molecule has 1 spiro atoms. The van der Waals surface area contributed by atoms with Crippen molar-refractivity contribution in [3.63, 3.8) is 0 Å². The Bertz CT molecular complexity index is 971. The van der Waals surface area contributed by atoms with Gasteiger partial charge in [0.05, 0.1) is 6.07 Å². The van der Waals surface area contributed by atoms with Crippen molar-refractivity contribution in [2.75, 3.05) is 6.54 Å². The maximum atomic E-state index is 13.6. The zero-order valence-corrected chi connectivity index (χ0v) is 21.9. The minimum atomic E-state index is -0.767. The number of carbonyl (C=O) groups is 4. The van der Waals surface area contributed by atoms with Crippen LogP contribution in [0.15, 0.2) is 0 Å². The molecule has 192 valence electrons. The molecule has 3 amide bonds. The summed E-state index contributed by atoms with van der Waals surface area (Å²) in [6.45, 7) is 11.7. The predicted octanol–water partition coefficient (Wildman–Crippen LogP) is 2.57. The molecule has 0 aromatic heterocycles. The van der Waals surface area contributed by atoms with E-state index in [-0.39, 0.29) is 52.1 Å². The number of fused-ring (bicyclic) bond motifs is 1. The van der Waals surface area contributed by atoms with Crippen LogP contribution >= 0.6 is 0 Å². The number of amides is 3. The molecule has 2 N–H and O–H groups in total. The molecule has 6 atom stereocenters. The first-order chi connectivity index (χ1) is 16.2. The zero-order valence-electron chi connectivity index (χ0n) is 21.9. The Morgan fingerprint density at radius 1 is 1.17 bits per heavy atom. The largest absolute Gasteiger partial charge is 0.344 e. The van der Waals surface area contributed by atoms with Gasteiger partial charge in [-0.25, -0.2) is 0 Å². The van der Waals surface area contributed by atoms with E-state index in [1.807, 2.05) is 20.8 Å². The SMILES string of the molecule is CC(=O)NC(C(=O)N1CC2C(C1C(=O)NC(C#N)CC1CCC3(CC3)CC1=O)C2(C)C)C(C)(C)C. The quantitative estimate of drug-likeness (QED) is 0.600. The maximum Gasteiger partial charge on any atom is 0.246 e. The normalized spacial score (nSPS) is 31.7. The van der Waals surface area contributed by atoms with E-state index in [4.69, 9.17) is 0 Å². The summed E-state index contributed by atoms with van der Waals surface area (Å²) in [6, 6.07) is -0.0238. The van der Waals surface area contributed by atoms with Crippen molar-refractivity contribution in [1.82, 2.24) is 15.5 Å². The number of ketones is 1. The molecule has 4 rings (SSSR count).